The van der Waals surface area contributed by atoms with E-state index in [1.54, 1.807) is 31.1 Å². The van der Waals surface area contributed by atoms with E-state index in [4.69, 9.17) is 0 Å². The summed E-state index contributed by atoms with van der Waals surface area (Å²) in [7, 11) is 3.52. The molecule has 2 unspecified atom stereocenters. The summed E-state index contributed by atoms with van der Waals surface area (Å²) in [6.45, 7) is 4.32. The van der Waals surface area contributed by atoms with Crippen molar-refractivity contribution in [2.75, 3.05) is 20.6 Å². The highest BCUT2D eigenvalue weighted by atomic mass is 16.6. The van der Waals surface area contributed by atoms with E-state index in [1.807, 2.05) is 13.8 Å². The fourth-order valence-corrected chi connectivity index (χ4v) is 2.05. The molecule has 0 fully saturated rings. The molecular weight excluding hydrogens is 258 g/mol. The zero-order valence-electron chi connectivity index (χ0n) is 12.3. The molecule has 0 saturated carbocycles. The number of amides is 1. The van der Waals surface area contributed by atoms with Crippen molar-refractivity contribution in [3.8, 4) is 0 Å². The van der Waals surface area contributed by atoms with Crippen LogP contribution in [0.2, 0.25) is 0 Å². The average Bonchev–Trinajstić information content (AvgIpc) is 2.45. The van der Waals surface area contributed by atoms with Crippen molar-refractivity contribution in [3.63, 3.8) is 0 Å². The van der Waals surface area contributed by atoms with E-state index in [2.05, 4.69) is 5.32 Å². The molecule has 1 aromatic rings. The van der Waals surface area contributed by atoms with Gasteiger partial charge in [0.15, 0.2) is 0 Å². The minimum absolute atomic E-state index is 0.0124. The lowest BCUT2D eigenvalue weighted by atomic mass is 10.0. The predicted molar refractivity (Wildman–Crippen MR) is 77.4 cm³/mol. The summed E-state index contributed by atoms with van der Waals surface area (Å²) in [5.74, 6) is -0.121. The standard InChI is InChI=1S/C14H21N3O3/c1-10(9-15-3)14(18)16(4)11(2)12-6-5-7-13(8-12)17(19)20/h5-8,10-11,15H,9H2,1-4H3. The highest BCUT2D eigenvalue weighted by Crippen LogP contribution is 2.24. The molecule has 1 N–H and O–H groups in total. The molecule has 1 aromatic carbocycles. The smallest absolute Gasteiger partial charge is 0.269 e. The molecule has 0 aliphatic heterocycles. The third kappa shape index (κ3) is 3.77. The Morgan fingerprint density at radius 2 is 2.10 bits per heavy atom. The quantitative estimate of drug-likeness (QED) is 0.638. The number of hydrogen-bond acceptors (Lipinski definition) is 4. The van der Waals surface area contributed by atoms with Crippen molar-refractivity contribution in [1.82, 2.24) is 10.2 Å². The van der Waals surface area contributed by atoms with Gasteiger partial charge in [0.2, 0.25) is 5.91 Å². The highest BCUT2D eigenvalue weighted by Gasteiger charge is 2.22. The lowest BCUT2D eigenvalue weighted by Crippen LogP contribution is -2.37. The van der Waals surface area contributed by atoms with Gasteiger partial charge in [-0.3, -0.25) is 14.9 Å². The van der Waals surface area contributed by atoms with Crippen LogP contribution in [0, 0.1) is 16.0 Å². The number of hydrogen-bond donors (Lipinski definition) is 1. The van der Waals surface area contributed by atoms with Gasteiger partial charge in [0.05, 0.1) is 11.0 Å². The number of non-ortho nitro benzene ring substituents is 1. The van der Waals surface area contributed by atoms with Crippen molar-refractivity contribution in [2.45, 2.75) is 19.9 Å². The second-order valence-corrected chi connectivity index (χ2v) is 4.94. The molecule has 0 saturated heterocycles. The van der Waals surface area contributed by atoms with E-state index >= 15 is 0 Å². The molecule has 0 aliphatic rings. The first kappa shape index (κ1) is 16.1. The molecule has 0 aliphatic carbocycles. The van der Waals surface area contributed by atoms with Gasteiger partial charge in [0, 0.05) is 31.6 Å². The molecule has 0 heterocycles. The summed E-state index contributed by atoms with van der Waals surface area (Å²) in [6, 6.07) is 6.18. The van der Waals surface area contributed by atoms with Crippen LogP contribution >= 0.6 is 0 Å². The van der Waals surface area contributed by atoms with Crippen molar-refractivity contribution in [3.05, 3.63) is 39.9 Å². The SMILES string of the molecule is CNCC(C)C(=O)N(C)C(C)c1cccc([N+](=O)[O-])c1. The van der Waals surface area contributed by atoms with E-state index in [1.165, 1.54) is 12.1 Å². The molecule has 0 radical (unpaired) electrons. The van der Waals surface area contributed by atoms with E-state index in [0.717, 1.165) is 5.56 Å². The zero-order chi connectivity index (χ0) is 15.3. The maximum Gasteiger partial charge on any atom is 0.269 e. The van der Waals surface area contributed by atoms with E-state index in [0.29, 0.717) is 6.54 Å². The number of nitrogens with one attached hydrogen (secondary N) is 1. The second-order valence-electron chi connectivity index (χ2n) is 4.94. The van der Waals surface area contributed by atoms with Crippen molar-refractivity contribution >= 4 is 11.6 Å². The third-order valence-corrected chi connectivity index (χ3v) is 3.42. The van der Waals surface area contributed by atoms with Crippen LogP contribution in [-0.2, 0) is 4.79 Å². The fourth-order valence-electron chi connectivity index (χ4n) is 2.05. The van der Waals surface area contributed by atoms with Gasteiger partial charge in [-0.2, -0.15) is 0 Å². The predicted octanol–water partition coefficient (Wildman–Crippen LogP) is 1.97. The Kier molecular flexibility index (Phi) is 5.64. The number of nitro benzene ring substituents is 1. The highest BCUT2D eigenvalue weighted by molar-refractivity contribution is 5.79. The number of nitro groups is 1. The lowest BCUT2D eigenvalue weighted by molar-refractivity contribution is -0.384. The largest absolute Gasteiger partial charge is 0.339 e. The van der Waals surface area contributed by atoms with Gasteiger partial charge < -0.3 is 10.2 Å². The van der Waals surface area contributed by atoms with Crippen LogP contribution in [0.3, 0.4) is 0 Å². The van der Waals surface area contributed by atoms with Gasteiger partial charge in [-0.1, -0.05) is 19.1 Å². The van der Waals surface area contributed by atoms with Gasteiger partial charge in [-0.15, -0.1) is 0 Å². The maximum atomic E-state index is 12.2. The van der Waals surface area contributed by atoms with Crippen LogP contribution in [0.15, 0.2) is 24.3 Å². The first-order chi connectivity index (χ1) is 9.38. The molecule has 110 valence electrons. The van der Waals surface area contributed by atoms with E-state index in [-0.39, 0.29) is 23.6 Å². The molecule has 2 atom stereocenters. The third-order valence-electron chi connectivity index (χ3n) is 3.42. The number of benzene rings is 1. The van der Waals surface area contributed by atoms with Crippen molar-refractivity contribution in [2.24, 2.45) is 5.92 Å². The molecule has 1 amide bonds. The normalized spacial score (nSPS) is 13.6. The summed E-state index contributed by atoms with van der Waals surface area (Å²) in [6.07, 6.45) is 0. The molecule has 1 rings (SSSR count). The van der Waals surface area contributed by atoms with Crippen LogP contribution in [-0.4, -0.2) is 36.4 Å². The minimum Gasteiger partial charge on any atom is -0.339 e. The van der Waals surface area contributed by atoms with Crippen LogP contribution in [0.1, 0.15) is 25.5 Å². The number of nitrogens with zero attached hydrogens (tertiary/aromatic N) is 2. The summed E-state index contributed by atoms with van der Waals surface area (Å²) < 4.78 is 0. The second kappa shape index (κ2) is 7.00. The summed E-state index contributed by atoms with van der Waals surface area (Å²) >= 11 is 0. The van der Waals surface area contributed by atoms with Crippen LogP contribution in [0.4, 0.5) is 5.69 Å². The van der Waals surface area contributed by atoms with Gasteiger partial charge >= 0.3 is 0 Å². The van der Waals surface area contributed by atoms with Crippen LogP contribution in [0.25, 0.3) is 0 Å². The molecule has 6 nitrogen and oxygen atoms in total. The molecule has 20 heavy (non-hydrogen) atoms. The molecule has 0 spiro atoms. The molecule has 0 aromatic heterocycles. The summed E-state index contributed by atoms with van der Waals surface area (Å²) in [5.41, 5.74) is 0.796. The zero-order valence-corrected chi connectivity index (χ0v) is 12.3. The number of carbonyl (C=O) groups is 1. The Morgan fingerprint density at radius 3 is 2.65 bits per heavy atom. The Balaban J connectivity index is 2.88. The average molecular weight is 279 g/mol. The van der Waals surface area contributed by atoms with Gasteiger partial charge in [-0.25, -0.2) is 0 Å². The summed E-state index contributed by atoms with van der Waals surface area (Å²) in [5, 5.41) is 13.8. The Hall–Kier alpha value is -1.95. The first-order valence-electron chi connectivity index (χ1n) is 6.54. The molecule has 6 heteroatoms. The topological polar surface area (TPSA) is 75.5 Å². The van der Waals surface area contributed by atoms with E-state index < -0.39 is 4.92 Å². The van der Waals surface area contributed by atoms with Crippen molar-refractivity contribution < 1.29 is 9.72 Å². The van der Waals surface area contributed by atoms with Gasteiger partial charge in [0.1, 0.15) is 0 Å². The minimum atomic E-state index is -0.429. The first-order valence-corrected chi connectivity index (χ1v) is 6.54. The molecular formula is C14H21N3O3. The fraction of sp³-hybridized carbons (Fsp3) is 0.500. The van der Waals surface area contributed by atoms with Crippen LogP contribution < -0.4 is 5.32 Å². The van der Waals surface area contributed by atoms with Crippen molar-refractivity contribution in [1.29, 1.82) is 0 Å². The number of carbonyl (C=O) groups excluding carboxylic acids is 1. The Labute approximate surface area is 118 Å². The molecule has 0 bridgehead atoms. The maximum absolute atomic E-state index is 12.2. The lowest BCUT2D eigenvalue weighted by Gasteiger charge is -2.28. The van der Waals surface area contributed by atoms with Gasteiger partial charge in [0.25, 0.3) is 5.69 Å². The van der Waals surface area contributed by atoms with Gasteiger partial charge in [-0.05, 0) is 19.5 Å². The Bertz CT molecular complexity index is 490. The number of rotatable bonds is 6. The summed E-state index contributed by atoms with van der Waals surface area (Å²) in [4.78, 5) is 24.2. The van der Waals surface area contributed by atoms with Crippen LogP contribution in [0.5, 0.6) is 0 Å². The Morgan fingerprint density at radius 1 is 1.45 bits per heavy atom. The van der Waals surface area contributed by atoms with E-state index in [9.17, 15) is 14.9 Å². The monoisotopic (exact) mass is 279 g/mol.